The fraction of sp³-hybridized carbons (Fsp3) is 0.0588. The van der Waals surface area contributed by atoms with Gasteiger partial charge in [0.1, 0.15) is 17.2 Å². The number of imidazole rings is 1. The first-order valence-electron chi connectivity index (χ1n) is 7.60. The summed E-state index contributed by atoms with van der Waals surface area (Å²) in [7, 11) is 0. The minimum Gasteiger partial charge on any atom is -0.456 e. The second kappa shape index (κ2) is 6.51. The summed E-state index contributed by atoms with van der Waals surface area (Å²) in [6.07, 6.45) is -1.38. The number of aromatic amines is 1. The number of benzene rings is 2. The van der Waals surface area contributed by atoms with E-state index >= 15 is 0 Å². The Morgan fingerprint density at radius 3 is 2.48 bits per heavy atom. The van der Waals surface area contributed by atoms with E-state index in [1.165, 1.54) is 12.1 Å². The summed E-state index contributed by atoms with van der Waals surface area (Å²) < 4.78 is 47.7. The maximum atomic E-state index is 12.2. The van der Waals surface area contributed by atoms with Gasteiger partial charge in [-0.3, -0.25) is 0 Å². The van der Waals surface area contributed by atoms with E-state index in [0.717, 1.165) is 12.1 Å². The fourth-order valence-electron chi connectivity index (χ4n) is 2.41. The van der Waals surface area contributed by atoms with Crippen molar-refractivity contribution < 1.29 is 22.6 Å². The van der Waals surface area contributed by atoms with Crippen LogP contribution in [-0.4, -0.2) is 26.1 Å². The van der Waals surface area contributed by atoms with Gasteiger partial charge in [-0.05, 0) is 36.4 Å². The number of hydrogen-bond donors (Lipinski definition) is 1. The largest absolute Gasteiger partial charge is 0.573 e. The van der Waals surface area contributed by atoms with Crippen molar-refractivity contribution >= 4 is 22.6 Å². The first-order valence-corrected chi connectivity index (χ1v) is 7.98. The third-order valence-corrected chi connectivity index (χ3v) is 3.82. The molecule has 10 heteroatoms. The van der Waals surface area contributed by atoms with Crippen LogP contribution in [0.15, 0.2) is 54.9 Å². The van der Waals surface area contributed by atoms with Crippen molar-refractivity contribution in [1.29, 1.82) is 0 Å². The van der Waals surface area contributed by atoms with Gasteiger partial charge >= 0.3 is 6.36 Å². The second-order valence-electron chi connectivity index (χ2n) is 5.43. The van der Waals surface area contributed by atoms with Crippen molar-refractivity contribution in [3.63, 3.8) is 0 Å². The maximum Gasteiger partial charge on any atom is 0.573 e. The van der Waals surface area contributed by atoms with Gasteiger partial charge in [0.05, 0.1) is 16.1 Å². The van der Waals surface area contributed by atoms with E-state index in [4.69, 9.17) is 16.3 Å². The zero-order valence-corrected chi connectivity index (χ0v) is 14.1. The zero-order chi connectivity index (χ0) is 19.0. The lowest BCUT2D eigenvalue weighted by atomic mass is 10.3. The molecular weight excluding hydrogens is 385 g/mol. The predicted octanol–water partition coefficient (Wildman–Crippen LogP) is 5.09. The molecule has 0 aliphatic rings. The lowest BCUT2D eigenvalue weighted by molar-refractivity contribution is -0.274. The number of hydrogen-bond acceptors (Lipinski definition) is 4. The molecule has 0 radical (unpaired) electrons. The van der Waals surface area contributed by atoms with Gasteiger partial charge in [-0.2, -0.15) is 5.10 Å². The van der Waals surface area contributed by atoms with Crippen LogP contribution in [0, 0.1) is 0 Å². The van der Waals surface area contributed by atoms with Crippen LogP contribution in [0.3, 0.4) is 0 Å². The standard InChI is InChI=1S/C17H10ClF3N4O2/c18-12-8-13-14(24-16(23-13)25-7-1-6-22-25)9-15(12)26-10-2-4-11(5-3-10)27-17(19,20)21/h1-9H,(H,23,24). The minimum atomic E-state index is -4.75. The van der Waals surface area contributed by atoms with Crippen LogP contribution in [0.1, 0.15) is 0 Å². The smallest absolute Gasteiger partial charge is 0.456 e. The molecule has 1 N–H and O–H groups in total. The zero-order valence-electron chi connectivity index (χ0n) is 13.4. The van der Waals surface area contributed by atoms with Crippen LogP contribution in [0.4, 0.5) is 13.2 Å². The molecule has 0 unspecified atom stereocenters. The Hall–Kier alpha value is -3.20. The number of H-pyrrole nitrogens is 1. The van der Waals surface area contributed by atoms with Crippen LogP contribution in [-0.2, 0) is 0 Å². The maximum absolute atomic E-state index is 12.2. The molecule has 0 aliphatic carbocycles. The first-order chi connectivity index (χ1) is 12.9. The number of nitrogens with zero attached hydrogens (tertiary/aromatic N) is 3. The van der Waals surface area contributed by atoms with Crippen molar-refractivity contribution in [3.8, 4) is 23.2 Å². The van der Waals surface area contributed by atoms with E-state index in [1.807, 2.05) is 0 Å². The van der Waals surface area contributed by atoms with E-state index in [9.17, 15) is 13.2 Å². The van der Waals surface area contributed by atoms with Crippen molar-refractivity contribution in [2.75, 3.05) is 0 Å². The quantitative estimate of drug-likeness (QED) is 0.523. The molecule has 0 bridgehead atoms. The van der Waals surface area contributed by atoms with Crippen LogP contribution in [0.25, 0.3) is 17.0 Å². The number of alkyl halides is 3. The highest BCUT2D eigenvalue weighted by atomic mass is 35.5. The Balaban J connectivity index is 1.59. The Kier molecular flexibility index (Phi) is 4.15. The summed E-state index contributed by atoms with van der Waals surface area (Å²) in [4.78, 5) is 7.50. The van der Waals surface area contributed by atoms with Crippen molar-refractivity contribution in [2.45, 2.75) is 6.36 Å². The molecular formula is C17H10ClF3N4O2. The Morgan fingerprint density at radius 1 is 1.07 bits per heavy atom. The number of halogens is 4. The lowest BCUT2D eigenvalue weighted by Crippen LogP contribution is -2.16. The van der Waals surface area contributed by atoms with E-state index in [-0.39, 0.29) is 5.75 Å². The highest BCUT2D eigenvalue weighted by Gasteiger charge is 2.31. The molecule has 0 spiro atoms. The average Bonchev–Trinajstić information content (AvgIpc) is 3.24. The second-order valence-corrected chi connectivity index (χ2v) is 5.84. The van der Waals surface area contributed by atoms with E-state index in [2.05, 4.69) is 19.8 Å². The van der Waals surface area contributed by atoms with Crippen molar-refractivity contribution in [2.24, 2.45) is 0 Å². The molecule has 138 valence electrons. The summed E-state index contributed by atoms with van der Waals surface area (Å²) in [6.45, 7) is 0. The van der Waals surface area contributed by atoms with E-state index < -0.39 is 6.36 Å². The molecule has 0 atom stereocenters. The molecule has 0 aliphatic heterocycles. The third kappa shape index (κ3) is 3.82. The van der Waals surface area contributed by atoms with Crippen LogP contribution < -0.4 is 9.47 Å². The Bertz CT molecular complexity index is 1080. The topological polar surface area (TPSA) is 65.0 Å². The number of fused-ring (bicyclic) bond motifs is 1. The number of nitrogens with one attached hydrogen (secondary N) is 1. The monoisotopic (exact) mass is 394 g/mol. The summed E-state index contributed by atoms with van der Waals surface area (Å²) in [5, 5.41) is 4.41. The fourth-order valence-corrected chi connectivity index (χ4v) is 2.62. The van der Waals surface area contributed by atoms with Gasteiger partial charge in [0.15, 0.2) is 0 Å². The number of rotatable bonds is 4. The van der Waals surface area contributed by atoms with Gasteiger partial charge in [0, 0.05) is 18.5 Å². The molecule has 0 amide bonds. The van der Waals surface area contributed by atoms with Crippen molar-refractivity contribution in [1.82, 2.24) is 19.7 Å². The third-order valence-electron chi connectivity index (χ3n) is 3.53. The molecule has 2 heterocycles. The predicted molar refractivity (Wildman–Crippen MR) is 91.4 cm³/mol. The summed E-state index contributed by atoms with van der Waals surface area (Å²) in [5.74, 6) is 0.783. The van der Waals surface area contributed by atoms with E-state index in [1.54, 1.807) is 35.3 Å². The Labute approximate surface area is 155 Å². The molecule has 0 fully saturated rings. The van der Waals surface area contributed by atoms with Gasteiger partial charge in [0.25, 0.3) is 0 Å². The minimum absolute atomic E-state index is 0.300. The molecule has 0 saturated carbocycles. The van der Waals surface area contributed by atoms with Gasteiger partial charge < -0.3 is 14.5 Å². The number of ether oxygens (including phenoxy) is 2. The van der Waals surface area contributed by atoms with Gasteiger partial charge in [-0.15, -0.1) is 13.2 Å². The van der Waals surface area contributed by atoms with Gasteiger partial charge in [-0.25, -0.2) is 9.67 Å². The highest BCUT2D eigenvalue weighted by Crippen LogP contribution is 2.34. The normalized spacial score (nSPS) is 11.7. The summed E-state index contributed by atoms with van der Waals surface area (Å²) in [6, 6.07) is 10.0. The Morgan fingerprint density at radius 2 is 1.81 bits per heavy atom. The lowest BCUT2D eigenvalue weighted by Gasteiger charge is -2.10. The van der Waals surface area contributed by atoms with E-state index in [0.29, 0.717) is 33.5 Å². The van der Waals surface area contributed by atoms with Crippen LogP contribution in [0.2, 0.25) is 5.02 Å². The summed E-state index contributed by atoms with van der Waals surface area (Å²) >= 11 is 6.24. The molecule has 2 aromatic carbocycles. The summed E-state index contributed by atoms with van der Waals surface area (Å²) in [5.41, 5.74) is 1.28. The van der Waals surface area contributed by atoms with Gasteiger partial charge in [0.2, 0.25) is 5.95 Å². The molecule has 4 aromatic rings. The molecule has 27 heavy (non-hydrogen) atoms. The van der Waals surface area contributed by atoms with Crippen molar-refractivity contribution in [3.05, 3.63) is 59.9 Å². The molecule has 6 nitrogen and oxygen atoms in total. The average molecular weight is 395 g/mol. The molecule has 4 rings (SSSR count). The van der Waals surface area contributed by atoms with Crippen LogP contribution >= 0.6 is 11.6 Å². The highest BCUT2D eigenvalue weighted by molar-refractivity contribution is 6.32. The first kappa shape index (κ1) is 17.2. The molecule has 2 aromatic heterocycles. The number of aromatic nitrogens is 4. The van der Waals surface area contributed by atoms with Crippen LogP contribution in [0.5, 0.6) is 17.2 Å². The molecule has 0 saturated heterocycles. The SMILES string of the molecule is FC(F)(F)Oc1ccc(Oc2cc3nc(-n4cccn4)[nH]c3cc2Cl)cc1. The van der Waals surface area contributed by atoms with Gasteiger partial charge in [-0.1, -0.05) is 11.6 Å².